The summed E-state index contributed by atoms with van der Waals surface area (Å²) in [6, 6.07) is 0.324. The summed E-state index contributed by atoms with van der Waals surface area (Å²) in [6.07, 6.45) is 6.23. The molecular formula is C14H27NO2. The molecule has 1 saturated carbocycles. The van der Waals surface area contributed by atoms with Crippen molar-refractivity contribution in [2.75, 3.05) is 7.11 Å². The van der Waals surface area contributed by atoms with E-state index in [1.54, 1.807) is 0 Å². The third-order valence-corrected chi connectivity index (χ3v) is 3.79. The van der Waals surface area contributed by atoms with Crippen molar-refractivity contribution in [3.8, 4) is 0 Å². The molecule has 0 amide bonds. The molecule has 0 spiro atoms. The van der Waals surface area contributed by atoms with Crippen molar-refractivity contribution >= 4 is 5.97 Å². The molecule has 1 aliphatic carbocycles. The molecular weight excluding hydrogens is 214 g/mol. The Hall–Kier alpha value is -0.570. The lowest BCUT2D eigenvalue weighted by Gasteiger charge is -2.25. The normalized spacial score (nSPS) is 27.6. The van der Waals surface area contributed by atoms with Crippen molar-refractivity contribution in [3.05, 3.63) is 0 Å². The zero-order valence-electron chi connectivity index (χ0n) is 11.7. The summed E-state index contributed by atoms with van der Waals surface area (Å²) in [5.41, 5.74) is 0. The molecule has 100 valence electrons. The summed E-state index contributed by atoms with van der Waals surface area (Å²) >= 11 is 0. The Kier molecular flexibility index (Phi) is 5.96. The largest absolute Gasteiger partial charge is 0.468 e. The summed E-state index contributed by atoms with van der Waals surface area (Å²) < 4.78 is 4.87. The van der Waals surface area contributed by atoms with Crippen molar-refractivity contribution in [3.63, 3.8) is 0 Å². The maximum atomic E-state index is 11.7. The van der Waals surface area contributed by atoms with Gasteiger partial charge in [0.25, 0.3) is 0 Å². The Morgan fingerprint density at radius 1 is 1.24 bits per heavy atom. The lowest BCUT2D eigenvalue weighted by Crippen LogP contribution is -2.47. The molecule has 0 aromatic heterocycles. The number of nitrogens with one attached hydrogen (secondary N) is 1. The first-order chi connectivity index (χ1) is 8.04. The van der Waals surface area contributed by atoms with Gasteiger partial charge in [-0.15, -0.1) is 0 Å². The van der Waals surface area contributed by atoms with Crippen LogP contribution in [0.4, 0.5) is 0 Å². The summed E-state index contributed by atoms with van der Waals surface area (Å²) in [4.78, 5) is 11.7. The zero-order chi connectivity index (χ0) is 12.8. The Bertz CT molecular complexity index is 240. The minimum atomic E-state index is -0.154. The molecule has 3 nitrogen and oxygen atoms in total. The lowest BCUT2D eigenvalue weighted by molar-refractivity contribution is -0.144. The fraction of sp³-hybridized carbons (Fsp3) is 0.929. The summed E-state index contributed by atoms with van der Waals surface area (Å²) in [7, 11) is 1.47. The standard InChI is InChI=1S/C14H27NO2/c1-10(2)13(14(16)17-4)15-12-7-5-6-11(3)8-9-12/h10-13,15H,5-9H2,1-4H3. The molecule has 1 rings (SSSR count). The first-order valence-corrected chi connectivity index (χ1v) is 6.88. The fourth-order valence-electron chi connectivity index (χ4n) is 2.57. The van der Waals surface area contributed by atoms with Crippen LogP contribution < -0.4 is 5.32 Å². The van der Waals surface area contributed by atoms with E-state index in [-0.39, 0.29) is 17.9 Å². The quantitative estimate of drug-likeness (QED) is 0.607. The first kappa shape index (κ1) is 14.5. The molecule has 1 N–H and O–H groups in total. The third kappa shape index (κ3) is 4.66. The molecule has 0 aromatic rings. The predicted molar refractivity (Wildman–Crippen MR) is 69.8 cm³/mol. The highest BCUT2D eigenvalue weighted by Gasteiger charge is 2.26. The number of carbonyl (C=O) groups excluding carboxylic acids is 1. The molecule has 0 aliphatic heterocycles. The van der Waals surface area contributed by atoms with Gasteiger partial charge in [0.15, 0.2) is 0 Å². The van der Waals surface area contributed by atoms with Crippen molar-refractivity contribution < 1.29 is 9.53 Å². The Morgan fingerprint density at radius 3 is 2.53 bits per heavy atom. The van der Waals surface area contributed by atoms with Gasteiger partial charge < -0.3 is 10.1 Å². The highest BCUT2D eigenvalue weighted by Crippen LogP contribution is 2.23. The Balaban J connectivity index is 2.51. The van der Waals surface area contributed by atoms with Gasteiger partial charge in [-0.05, 0) is 31.1 Å². The van der Waals surface area contributed by atoms with E-state index in [2.05, 4.69) is 26.1 Å². The van der Waals surface area contributed by atoms with Gasteiger partial charge in [-0.1, -0.05) is 33.6 Å². The highest BCUT2D eigenvalue weighted by molar-refractivity contribution is 5.75. The number of ether oxygens (including phenoxy) is 1. The van der Waals surface area contributed by atoms with E-state index in [1.165, 1.54) is 39.2 Å². The van der Waals surface area contributed by atoms with Crippen LogP contribution in [0.5, 0.6) is 0 Å². The molecule has 0 heterocycles. The molecule has 17 heavy (non-hydrogen) atoms. The molecule has 0 bridgehead atoms. The van der Waals surface area contributed by atoms with Crippen LogP contribution >= 0.6 is 0 Å². The van der Waals surface area contributed by atoms with Gasteiger partial charge in [0.05, 0.1) is 7.11 Å². The van der Waals surface area contributed by atoms with Crippen LogP contribution in [0, 0.1) is 11.8 Å². The summed E-state index contributed by atoms with van der Waals surface area (Å²) in [5.74, 6) is 0.984. The SMILES string of the molecule is COC(=O)C(NC1CCCC(C)CC1)C(C)C. The number of methoxy groups -OCH3 is 1. The smallest absolute Gasteiger partial charge is 0.323 e. The van der Waals surface area contributed by atoms with E-state index in [0.29, 0.717) is 6.04 Å². The number of rotatable bonds is 4. The van der Waals surface area contributed by atoms with E-state index in [9.17, 15) is 4.79 Å². The maximum Gasteiger partial charge on any atom is 0.323 e. The molecule has 1 aliphatic rings. The summed E-state index contributed by atoms with van der Waals surface area (Å²) in [6.45, 7) is 6.45. The van der Waals surface area contributed by atoms with Crippen LogP contribution in [0.1, 0.15) is 52.9 Å². The van der Waals surface area contributed by atoms with Gasteiger partial charge >= 0.3 is 5.97 Å². The van der Waals surface area contributed by atoms with Crippen molar-refractivity contribution in [2.45, 2.75) is 65.0 Å². The maximum absolute atomic E-state index is 11.7. The fourth-order valence-corrected chi connectivity index (χ4v) is 2.57. The second kappa shape index (κ2) is 7.00. The first-order valence-electron chi connectivity index (χ1n) is 6.88. The molecule has 3 heteroatoms. The van der Waals surface area contributed by atoms with Gasteiger partial charge in [0, 0.05) is 6.04 Å². The minimum Gasteiger partial charge on any atom is -0.468 e. The van der Waals surface area contributed by atoms with Gasteiger partial charge in [-0.25, -0.2) is 0 Å². The minimum absolute atomic E-state index is 0.128. The number of esters is 1. The molecule has 1 fully saturated rings. The van der Waals surface area contributed by atoms with Crippen LogP contribution in [-0.2, 0) is 9.53 Å². The molecule has 3 atom stereocenters. The van der Waals surface area contributed by atoms with E-state index in [4.69, 9.17) is 4.74 Å². The van der Waals surface area contributed by atoms with Crippen LogP contribution in [-0.4, -0.2) is 25.2 Å². The van der Waals surface area contributed by atoms with Gasteiger partial charge in [0.2, 0.25) is 0 Å². The molecule has 3 unspecified atom stereocenters. The number of carbonyl (C=O) groups is 1. The Morgan fingerprint density at radius 2 is 1.94 bits per heavy atom. The van der Waals surface area contributed by atoms with E-state index < -0.39 is 0 Å². The summed E-state index contributed by atoms with van der Waals surface area (Å²) in [5, 5.41) is 3.49. The highest BCUT2D eigenvalue weighted by atomic mass is 16.5. The molecule has 0 aromatic carbocycles. The second-order valence-electron chi connectivity index (χ2n) is 5.72. The van der Waals surface area contributed by atoms with Crippen molar-refractivity contribution in [1.82, 2.24) is 5.32 Å². The van der Waals surface area contributed by atoms with Crippen molar-refractivity contribution in [1.29, 1.82) is 0 Å². The van der Waals surface area contributed by atoms with Crippen molar-refractivity contribution in [2.24, 2.45) is 11.8 Å². The monoisotopic (exact) mass is 241 g/mol. The average Bonchev–Trinajstić information content (AvgIpc) is 2.49. The number of hydrogen-bond donors (Lipinski definition) is 1. The lowest BCUT2D eigenvalue weighted by atomic mass is 10.0. The van der Waals surface area contributed by atoms with E-state index in [0.717, 1.165) is 5.92 Å². The van der Waals surface area contributed by atoms with Crippen LogP contribution in [0.15, 0.2) is 0 Å². The Labute approximate surface area is 105 Å². The van der Waals surface area contributed by atoms with E-state index >= 15 is 0 Å². The topological polar surface area (TPSA) is 38.3 Å². The van der Waals surface area contributed by atoms with Gasteiger partial charge in [0.1, 0.15) is 6.04 Å². The van der Waals surface area contributed by atoms with Gasteiger partial charge in [-0.3, -0.25) is 4.79 Å². The van der Waals surface area contributed by atoms with Crippen LogP contribution in [0.2, 0.25) is 0 Å². The third-order valence-electron chi connectivity index (χ3n) is 3.79. The molecule has 0 radical (unpaired) electrons. The van der Waals surface area contributed by atoms with Gasteiger partial charge in [-0.2, -0.15) is 0 Å². The number of hydrogen-bond acceptors (Lipinski definition) is 3. The van der Waals surface area contributed by atoms with Crippen LogP contribution in [0.3, 0.4) is 0 Å². The van der Waals surface area contributed by atoms with Crippen LogP contribution in [0.25, 0.3) is 0 Å². The second-order valence-corrected chi connectivity index (χ2v) is 5.72. The predicted octanol–water partition coefficient (Wildman–Crippen LogP) is 2.74. The zero-order valence-corrected chi connectivity index (χ0v) is 11.7. The molecule has 0 saturated heterocycles. The average molecular weight is 241 g/mol. The van der Waals surface area contributed by atoms with E-state index in [1.807, 2.05) is 0 Å².